The van der Waals surface area contributed by atoms with Gasteiger partial charge in [-0.15, -0.1) is 0 Å². The van der Waals surface area contributed by atoms with Crippen molar-refractivity contribution in [1.29, 1.82) is 0 Å². The normalized spacial score (nSPS) is 11.5. The molecule has 0 radical (unpaired) electrons. The van der Waals surface area contributed by atoms with Crippen LogP contribution in [-0.2, 0) is 16.4 Å². The largest absolute Gasteiger partial charge is 0.348 e. The zero-order chi connectivity index (χ0) is 21.3. The average molecular weight is 445 g/mol. The molecule has 0 aliphatic heterocycles. The molecule has 0 atom stereocenters. The Kier molecular flexibility index (Phi) is 5.23. The number of H-pyrrole nitrogens is 1. The predicted molar refractivity (Wildman–Crippen MR) is 108 cm³/mol. The van der Waals surface area contributed by atoms with Crippen molar-refractivity contribution in [3.05, 3.63) is 82.9 Å². The first-order chi connectivity index (χ1) is 14.4. The topological polar surface area (TPSA) is 105 Å². The van der Waals surface area contributed by atoms with Gasteiger partial charge in [-0.3, -0.25) is 9.89 Å². The van der Waals surface area contributed by atoms with Gasteiger partial charge in [0.2, 0.25) is 9.84 Å². The van der Waals surface area contributed by atoms with E-state index in [2.05, 4.69) is 20.5 Å². The van der Waals surface area contributed by atoms with Crippen LogP contribution in [0.15, 0.2) is 70.7 Å². The Hall–Kier alpha value is -3.30. The van der Waals surface area contributed by atoms with E-state index in [0.29, 0.717) is 22.2 Å². The molecule has 7 nitrogen and oxygen atoms in total. The third-order valence-electron chi connectivity index (χ3n) is 4.45. The first-order valence-electron chi connectivity index (χ1n) is 8.71. The van der Waals surface area contributed by atoms with Crippen molar-refractivity contribution in [2.75, 3.05) is 0 Å². The van der Waals surface area contributed by atoms with Crippen molar-refractivity contribution in [3.8, 4) is 0 Å². The molecule has 2 aromatic carbocycles. The summed E-state index contributed by atoms with van der Waals surface area (Å²) in [5, 5.41) is 9.58. The minimum absolute atomic E-state index is 0.0281. The number of nitrogens with zero attached hydrogens (tertiary/aromatic N) is 2. The van der Waals surface area contributed by atoms with Crippen molar-refractivity contribution in [2.45, 2.75) is 16.3 Å². The fraction of sp³-hybridized carbons (Fsp3) is 0.0500. The van der Waals surface area contributed by atoms with E-state index < -0.39 is 20.7 Å². The van der Waals surface area contributed by atoms with E-state index in [4.69, 9.17) is 11.6 Å². The minimum Gasteiger partial charge on any atom is -0.348 e. The quantitative estimate of drug-likeness (QED) is 0.490. The molecule has 1 amide bonds. The lowest BCUT2D eigenvalue weighted by atomic mass is 10.2. The Balaban J connectivity index is 1.48. The molecule has 2 N–H and O–H groups in total. The molecule has 4 aromatic rings. The monoisotopic (exact) mass is 444 g/mol. The number of benzene rings is 2. The molecule has 0 aliphatic rings. The van der Waals surface area contributed by atoms with E-state index in [1.807, 2.05) is 0 Å². The van der Waals surface area contributed by atoms with Crippen LogP contribution in [0.2, 0.25) is 5.02 Å². The number of sulfone groups is 1. The van der Waals surface area contributed by atoms with Crippen molar-refractivity contribution >= 4 is 38.4 Å². The molecule has 10 heteroatoms. The average Bonchev–Trinajstić information content (AvgIpc) is 3.22. The zero-order valence-electron chi connectivity index (χ0n) is 15.3. The second kappa shape index (κ2) is 7.85. The highest BCUT2D eigenvalue weighted by molar-refractivity contribution is 7.91. The van der Waals surface area contributed by atoms with Crippen LogP contribution in [0.5, 0.6) is 0 Å². The maximum Gasteiger partial charge on any atom is 0.253 e. The first kappa shape index (κ1) is 20.0. The maximum absolute atomic E-state index is 13.6. The number of rotatable bonds is 5. The number of fused-ring (bicyclic) bond motifs is 1. The Morgan fingerprint density at radius 3 is 2.67 bits per heavy atom. The highest BCUT2D eigenvalue weighted by Gasteiger charge is 2.22. The smallest absolute Gasteiger partial charge is 0.253 e. The molecule has 2 heterocycles. The lowest BCUT2D eigenvalue weighted by molar-refractivity contribution is 0.0950. The first-order valence-corrected chi connectivity index (χ1v) is 10.6. The summed E-state index contributed by atoms with van der Waals surface area (Å²) in [6, 6.07) is 11.2. The Bertz CT molecular complexity index is 1350. The highest BCUT2D eigenvalue weighted by atomic mass is 35.5. The molecular weight excluding hydrogens is 431 g/mol. The Morgan fingerprint density at radius 2 is 1.90 bits per heavy atom. The number of hydrogen-bond donors (Lipinski definition) is 2. The lowest BCUT2D eigenvalue weighted by Gasteiger charge is -2.09. The number of nitrogens with one attached hydrogen (secondary N) is 2. The molecule has 30 heavy (non-hydrogen) atoms. The summed E-state index contributed by atoms with van der Waals surface area (Å²) in [4.78, 5) is 16.1. The van der Waals surface area contributed by atoms with Crippen LogP contribution < -0.4 is 5.32 Å². The van der Waals surface area contributed by atoms with Gasteiger partial charge in [-0.1, -0.05) is 29.8 Å². The van der Waals surface area contributed by atoms with E-state index in [1.165, 1.54) is 30.5 Å². The molecule has 0 bridgehead atoms. The predicted octanol–water partition coefficient (Wildman–Crippen LogP) is 3.51. The van der Waals surface area contributed by atoms with Gasteiger partial charge in [-0.2, -0.15) is 5.10 Å². The van der Waals surface area contributed by atoms with Crippen molar-refractivity contribution in [3.63, 3.8) is 0 Å². The molecule has 0 saturated carbocycles. The van der Waals surface area contributed by atoms with Gasteiger partial charge in [0, 0.05) is 18.1 Å². The number of aromatic nitrogens is 3. The standard InChI is InChI=1S/C20H14ClFN4O3S/c21-18-16(22)2-1-3-17(18)30(28,29)15-6-4-12(5-7-15)9-24-20(27)14-8-13-11-25-26-19(13)23-10-14/h1-8,10-11H,9H2,(H,24,27)(H,23,25,26). The van der Waals surface area contributed by atoms with E-state index in [1.54, 1.807) is 24.4 Å². The van der Waals surface area contributed by atoms with Crippen LogP contribution in [0, 0.1) is 5.82 Å². The number of hydrogen-bond acceptors (Lipinski definition) is 5. The number of carbonyl (C=O) groups excluding carboxylic acids is 1. The number of carbonyl (C=O) groups is 1. The fourth-order valence-electron chi connectivity index (χ4n) is 2.85. The number of amides is 1. The van der Waals surface area contributed by atoms with Gasteiger partial charge in [0.1, 0.15) is 5.82 Å². The third kappa shape index (κ3) is 3.77. The summed E-state index contributed by atoms with van der Waals surface area (Å²) in [5.74, 6) is -1.13. The third-order valence-corrected chi connectivity index (χ3v) is 6.75. The van der Waals surface area contributed by atoms with Crippen molar-refractivity contribution in [1.82, 2.24) is 20.5 Å². The SMILES string of the molecule is O=C(NCc1ccc(S(=O)(=O)c2cccc(F)c2Cl)cc1)c1cnc2[nH]ncc2c1. The lowest BCUT2D eigenvalue weighted by Crippen LogP contribution is -2.22. The highest BCUT2D eigenvalue weighted by Crippen LogP contribution is 2.29. The maximum atomic E-state index is 13.6. The zero-order valence-corrected chi connectivity index (χ0v) is 16.8. The van der Waals surface area contributed by atoms with Gasteiger partial charge < -0.3 is 5.32 Å². The molecule has 4 rings (SSSR count). The van der Waals surface area contributed by atoms with E-state index in [9.17, 15) is 17.6 Å². The van der Waals surface area contributed by atoms with Gasteiger partial charge in [-0.25, -0.2) is 17.8 Å². The summed E-state index contributed by atoms with van der Waals surface area (Å²) in [5.41, 5.74) is 1.65. The Labute approximate surface area is 175 Å². The van der Waals surface area contributed by atoms with E-state index in [-0.39, 0.29) is 22.2 Å². The molecule has 0 aliphatic carbocycles. The van der Waals surface area contributed by atoms with Crippen LogP contribution in [0.3, 0.4) is 0 Å². The summed E-state index contributed by atoms with van der Waals surface area (Å²) >= 11 is 5.82. The second-order valence-electron chi connectivity index (χ2n) is 6.41. The van der Waals surface area contributed by atoms with E-state index in [0.717, 1.165) is 6.07 Å². The molecule has 0 fully saturated rings. The number of halogens is 2. The fourth-order valence-corrected chi connectivity index (χ4v) is 4.62. The minimum atomic E-state index is -3.97. The number of aromatic amines is 1. The summed E-state index contributed by atoms with van der Waals surface area (Å²) in [6.45, 7) is 0.184. The molecular formula is C20H14ClFN4O3S. The van der Waals surface area contributed by atoms with Gasteiger partial charge >= 0.3 is 0 Å². The van der Waals surface area contributed by atoms with Gasteiger partial charge in [0.05, 0.1) is 26.6 Å². The second-order valence-corrected chi connectivity index (χ2v) is 8.71. The molecule has 0 unspecified atom stereocenters. The van der Waals surface area contributed by atoms with Crippen molar-refractivity contribution < 1.29 is 17.6 Å². The summed E-state index contributed by atoms with van der Waals surface area (Å²) in [7, 11) is -3.97. The van der Waals surface area contributed by atoms with Crippen LogP contribution >= 0.6 is 11.6 Å². The summed E-state index contributed by atoms with van der Waals surface area (Å²) in [6.07, 6.45) is 3.01. The van der Waals surface area contributed by atoms with E-state index >= 15 is 0 Å². The Morgan fingerprint density at radius 1 is 1.13 bits per heavy atom. The molecule has 0 spiro atoms. The molecule has 2 aromatic heterocycles. The number of pyridine rings is 1. The van der Waals surface area contributed by atoms with Gasteiger partial charge in [-0.05, 0) is 35.9 Å². The van der Waals surface area contributed by atoms with Gasteiger partial charge in [0.15, 0.2) is 5.65 Å². The summed E-state index contributed by atoms with van der Waals surface area (Å²) < 4.78 is 39.1. The van der Waals surface area contributed by atoms with Crippen LogP contribution in [0.4, 0.5) is 4.39 Å². The van der Waals surface area contributed by atoms with Crippen LogP contribution in [0.25, 0.3) is 11.0 Å². The van der Waals surface area contributed by atoms with Crippen LogP contribution in [-0.4, -0.2) is 29.5 Å². The molecule has 0 saturated heterocycles. The van der Waals surface area contributed by atoms with Crippen molar-refractivity contribution in [2.24, 2.45) is 0 Å². The van der Waals surface area contributed by atoms with Crippen LogP contribution in [0.1, 0.15) is 15.9 Å². The van der Waals surface area contributed by atoms with Gasteiger partial charge in [0.25, 0.3) is 5.91 Å². The molecule has 152 valence electrons.